The van der Waals surface area contributed by atoms with Gasteiger partial charge in [-0.25, -0.2) is 4.68 Å². The van der Waals surface area contributed by atoms with E-state index in [9.17, 15) is 4.79 Å². The summed E-state index contributed by atoms with van der Waals surface area (Å²) in [5.74, 6) is 0.837. The maximum absolute atomic E-state index is 11.4. The molecule has 5 heteroatoms. The molecule has 1 aliphatic rings. The lowest BCUT2D eigenvalue weighted by Gasteiger charge is -2.10. The molecule has 0 amide bonds. The number of nitrogens with zero attached hydrogens (tertiary/aromatic N) is 2. The smallest absolute Gasteiger partial charge is 0.266 e. The molecular formula is C14H15N3O2. The number of benzene rings is 1. The maximum Gasteiger partial charge on any atom is 0.266 e. The first-order chi connectivity index (χ1) is 9.19. The third-order valence-corrected chi connectivity index (χ3v) is 3.33. The molecule has 0 saturated carbocycles. The van der Waals surface area contributed by atoms with Gasteiger partial charge in [-0.15, -0.1) is 0 Å². The van der Waals surface area contributed by atoms with Gasteiger partial charge < -0.3 is 10.5 Å². The van der Waals surface area contributed by atoms with E-state index in [4.69, 9.17) is 10.5 Å². The van der Waals surface area contributed by atoms with Crippen molar-refractivity contribution in [3.8, 4) is 17.0 Å². The summed E-state index contributed by atoms with van der Waals surface area (Å²) in [6.07, 6.45) is 0.856. The minimum atomic E-state index is -0.128. The van der Waals surface area contributed by atoms with Crippen molar-refractivity contribution < 1.29 is 4.74 Å². The van der Waals surface area contributed by atoms with Crippen molar-refractivity contribution >= 4 is 0 Å². The van der Waals surface area contributed by atoms with Crippen LogP contribution in [0.2, 0.25) is 0 Å². The number of hydrogen-bond donors (Lipinski definition) is 1. The predicted octanol–water partition coefficient (Wildman–Crippen LogP) is 0.710. The van der Waals surface area contributed by atoms with E-state index in [1.807, 2.05) is 18.2 Å². The minimum absolute atomic E-state index is 0.0312. The Labute approximate surface area is 110 Å². The van der Waals surface area contributed by atoms with Gasteiger partial charge in [0.25, 0.3) is 5.56 Å². The summed E-state index contributed by atoms with van der Waals surface area (Å²) < 4.78 is 7.18. The molecule has 1 aromatic heterocycles. The number of ether oxygens (including phenoxy) is 1. The van der Waals surface area contributed by atoms with Crippen molar-refractivity contribution in [2.75, 3.05) is 6.54 Å². The fourth-order valence-corrected chi connectivity index (χ4v) is 2.32. The quantitative estimate of drug-likeness (QED) is 0.860. The summed E-state index contributed by atoms with van der Waals surface area (Å²) in [6, 6.07) is 9.19. The monoisotopic (exact) mass is 257 g/mol. The average Bonchev–Trinajstić information content (AvgIpc) is 2.85. The standard InChI is InChI=1S/C14H15N3O2/c1-17-13(18)6-5-12(16-17)11-4-2-3-9-7-10(8-15)19-14(9)11/h2-6,10H,7-8,15H2,1H3/t10-/m1/s1. The number of nitrogens with two attached hydrogens (primary N) is 1. The first-order valence-electron chi connectivity index (χ1n) is 6.22. The fourth-order valence-electron chi connectivity index (χ4n) is 2.32. The van der Waals surface area contributed by atoms with E-state index in [1.54, 1.807) is 13.1 Å². The van der Waals surface area contributed by atoms with E-state index in [-0.39, 0.29) is 11.7 Å². The summed E-state index contributed by atoms with van der Waals surface area (Å²) in [4.78, 5) is 11.4. The molecule has 2 heterocycles. The zero-order valence-electron chi connectivity index (χ0n) is 10.7. The Morgan fingerprint density at radius 1 is 1.42 bits per heavy atom. The first kappa shape index (κ1) is 11.9. The fraction of sp³-hybridized carbons (Fsp3) is 0.286. The number of rotatable bonds is 2. The lowest BCUT2D eigenvalue weighted by atomic mass is 10.0. The lowest BCUT2D eigenvalue weighted by Crippen LogP contribution is -2.24. The van der Waals surface area contributed by atoms with Gasteiger partial charge in [-0.1, -0.05) is 12.1 Å². The molecule has 2 aromatic rings. The maximum atomic E-state index is 11.4. The number of aromatic nitrogens is 2. The second-order valence-electron chi connectivity index (χ2n) is 4.65. The molecule has 98 valence electrons. The second kappa shape index (κ2) is 4.51. The summed E-state index contributed by atoms with van der Waals surface area (Å²) in [5.41, 5.74) is 8.31. The van der Waals surface area contributed by atoms with E-state index in [0.29, 0.717) is 6.54 Å². The Bertz CT molecular complexity index is 679. The Kier molecular flexibility index (Phi) is 2.83. The molecule has 0 aliphatic carbocycles. The lowest BCUT2D eigenvalue weighted by molar-refractivity contribution is 0.242. The topological polar surface area (TPSA) is 70.1 Å². The van der Waals surface area contributed by atoms with Crippen molar-refractivity contribution in [1.29, 1.82) is 0 Å². The van der Waals surface area contributed by atoms with Crippen LogP contribution in [0.25, 0.3) is 11.3 Å². The third-order valence-electron chi connectivity index (χ3n) is 3.33. The Hall–Kier alpha value is -2.14. The van der Waals surface area contributed by atoms with Crippen LogP contribution in [0.15, 0.2) is 35.1 Å². The van der Waals surface area contributed by atoms with Crippen molar-refractivity contribution in [1.82, 2.24) is 9.78 Å². The van der Waals surface area contributed by atoms with Gasteiger partial charge in [0, 0.05) is 31.6 Å². The molecule has 0 bridgehead atoms. The van der Waals surface area contributed by atoms with Gasteiger partial charge in [0.2, 0.25) is 0 Å². The number of para-hydroxylation sites is 1. The Balaban J connectivity index is 2.10. The van der Waals surface area contributed by atoms with E-state index in [0.717, 1.165) is 29.0 Å². The molecule has 2 N–H and O–H groups in total. The van der Waals surface area contributed by atoms with Crippen LogP contribution in [0.3, 0.4) is 0 Å². The van der Waals surface area contributed by atoms with E-state index < -0.39 is 0 Å². The number of aryl methyl sites for hydroxylation is 1. The highest BCUT2D eigenvalue weighted by Gasteiger charge is 2.25. The highest BCUT2D eigenvalue weighted by atomic mass is 16.5. The first-order valence-corrected chi connectivity index (χ1v) is 6.22. The van der Waals surface area contributed by atoms with Crippen LogP contribution in [-0.4, -0.2) is 22.4 Å². The zero-order chi connectivity index (χ0) is 13.4. The normalized spacial score (nSPS) is 17.1. The molecule has 1 aromatic carbocycles. The van der Waals surface area contributed by atoms with Gasteiger partial charge in [-0.3, -0.25) is 4.79 Å². The molecule has 0 fully saturated rings. The highest BCUT2D eigenvalue weighted by Crippen LogP contribution is 2.37. The summed E-state index contributed by atoms with van der Waals surface area (Å²) in [7, 11) is 1.64. The second-order valence-corrected chi connectivity index (χ2v) is 4.65. The molecule has 3 rings (SSSR count). The molecule has 1 atom stereocenters. The SMILES string of the molecule is Cn1nc(-c2cccc3c2O[C@@H](CN)C3)ccc1=O. The largest absolute Gasteiger partial charge is 0.488 e. The van der Waals surface area contributed by atoms with Crippen LogP contribution in [0.5, 0.6) is 5.75 Å². The molecular weight excluding hydrogens is 242 g/mol. The van der Waals surface area contributed by atoms with Crippen molar-refractivity contribution in [2.45, 2.75) is 12.5 Å². The molecule has 0 unspecified atom stereocenters. The van der Waals surface area contributed by atoms with Crippen LogP contribution in [-0.2, 0) is 13.5 Å². The average molecular weight is 257 g/mol. The number of fused-ring (bicyclic) bond motifs is 1. The highest BCUT2D eigenvalue weighted by molar-refractivity contribution is 5.69. The molecule has 19 heavy (non-hydrogen) atoms. The van der Waals surface area contributed by atoms with Crippen molar-refractivity contribution in [3.05, 3.63) is 46.2 Å². The minimum Gasteiger partial charge on any atom is -0.488 e. The number of hydrogen-bond acceptors (Lipinski definition) is 4. The molecule has 0 spiro atoms. The van der Waals surface area contributed by atoms with Gasteiger partial charge in [0.15, 0.2) is 0 Å². The summed E-state index contributed by atoms with van der Waals surface area (Å²) >= 11 is 0. The van der Waals surface area contributed by atoms with Gasteiger partial charge in [-0.05, 0) is 17.7 Å². The molecule has 0 radical (unpaired) electrons. The Morgan fingerprint density at radius 2 is 2.26 bits per heavy atom. The van der Waals surface area contributed by atoms with E-state index in [2.05, 4.69) is 5.10 Å². The Morgan fingerprint density at radius 3 is 3.00 bits per heavy atom. The van der Waals surface area contributed by atoms with Gasteiger partial charge in [0.05, 0.1) is 5.69 Å². The van der Waals surface area contributed by atoms with E-state index >= 15 is 0 Å². The van der Waals surface area contributed by atoms with Crippen LogP contribution in [0.4, 0.5) is 0 Å². The third kappa shape index (κ3) is 2.02. The molecule has 0 saturated heterocycles. The van der Waals surface area contributed by atoms with Gasteiger partial charge in [-0.2, -0.15) is 5.10 Å². The van der Waals surface area contributed by atoms with Crippen LogP contribution < -0.4 is 16.0 Å². The van der Waals surface area contributed by atoms with Gasteiger partial charge in [0.1, 0.15) is 11.9 Å². The van der Waals surface area contributed by atoms with Gasteiger partial charge >= 0.3 is 0 Å². The van der Waals surface area contributed by atoms with Crippen molar-refractivity contribution in [3.63, 3.8) is 0 Å². The van der Waals surface area contributed by atoms with E-state index in [1.165, 1.54) is 10.7 Å². The van der Waals surface area contributed by atoms with Crippen LogP contribution >= 0.6 is 0 Å². The zero-order valence-corrected chi connectivity index (χ0v) is 10.7. The predicted molar refractivity (Wildman–Crippen MR) is 72.1 cm³/mol. The van der Waals surface area contributed by atoms with Crippen molar-refractivity contribution in [2.24, 2.45) is 12.8 Å². The summed E-state index contributed by atoms with van der Waals surface area (Å²) in [6.45, 7) is 0.495. The molecule has 5 nitrogen and oxygen atoms in total. The summed E-state index contributed by atoms with van der Waals surface area (Å²) in [5, 5.41) is 4.26. The van der Waals surface area contributed by atoms with Crippen LogP contribution in [0.1, 0.15) is 5.56 Å². The van der Waals surface area contributed by atoms with Crippen LogP contribution in [0, 0.1) is 0 Å². The molecule has 1 aliphatic heterocycles.